The molecule has 7 heteroatoms. The van der Waals surface area contributed by atoms with Crippen molar-refractivity contribution in [3.05, 3.63) is 53.6 Å². The minimum atomic E-state index is 0.515. The molecule has 0 spiro atoms. The highest BCUT2D eigenvalue weighted by atomic mass is 35.5. The largest absolute Gasteiger partial charge is 0.363 e. The quantitative estimate of drug-likeness (QED) is 0.610. The van der Waals surface area contributed by atoms with Gasteiger partial charge in [0.1, 0.15) is 11.5 Å². The number of H-pyrrole nitrogens is 1. The maximum Gasteiger partial charge on any atom is 0.160 e. The van der Waals surface area contributed by atoms with E-state index in [1.54, 1.807) is 6.07 Å². The summed E-state index contributed by atoms with van der Waals surface area (Å²) in [6.07, 6.45) is 3.75. The van der Waals surface area contributed by atoms with Crippen molar-refractivity contribution in [3.63, 3.8) is 0 Å². The molecule has 0 atom stereocenters. The summed E-state index contributed by atoms with van der Waals surface area (Å²) in [5.74, 6) is 1.51. The zero-order chi connectivity index (χ0) is 14.2. The maximum absolute atomic E-state index is 6.23. The number of anilines is 1. The van der Waals surface area contributed by atoms with Crippen molar-refractivity contribution in [3.8, 4) is 0 Å². The van der Waals surface area contributed by atoms with Gasteiger partial charge in [-0.1, -0.05) is 17.7 Å². The fourth-order valence-corrected chi connectivity index (χ4v) is 2.52. The number of aromatic amines is 1. The highest BCUT2D eigenvalue weighted by Gasteiger charge is 2.07. The lowest BCUT2D eigenvalue weighted by Crippen LogP contribution is -2.05. The fourth-order valence-electron chi connectivity index (χ4n) is 2.27. The molecule has 0 aliphatic heterocycles. The summed E-state index contributed by atoms with van der Waals surface area (Å²) in [5.41, 5.74) is 1.58. The van der Waals surface area contributed by atoms with Crippen LogP contribution < -0.4 is 5.32 Å². The predicted octanol–water partition coefficient (Wildman–Crippen LogP) is 2.87. The molecule has 0 saturated carbocycles. The second-order valence-corrected chi connectivity index (χ2v) is 5.04. The lowest BCUT2D eigenvalue weighted by atomic mass is 10.3. The highest BCUT2D eigenvalue weighted by molar-refractivity contribution is 6.35. The Morgan fingerprint density at radius 1 is 1.24 bits per heavy atom. The first-order valence-electron chi connectivity index (χ1n) is 6.47. The smallest absolute Gasteiger partial charge is 0.160 e. The van der Waals surface area contributed by atoms with Gasteiger partial charge in [0.25, 0.3) is 0 Å². The number of nitrogens with one attached hydrogen (secondary N) is 2. The van der Waals surface area contributed by atoms with E-state index in [4.69, 9.17) is 11.6 Å². The van der Waals surface area contributed by atoms with Gasteiger partial charge in [-0.15, -0.1) is 10.2 Å². The van der Waals surface area contributed by atoms with E-state index in [2.05, 4.69) is 25.5 Å². The van der Waals surface area contributed by atoms with Crippen LogP contribution in [0, 0.1) is 0 Å². The van der Waals surface area contributed by atoms with Crippen molar-refractivity contribution in [1.29, 1.82) is 0 Å². The Balaban J connectivity index is 1.63. The van der Waals surface area contributed by atoms with Crippen LogP contribution in [-0.4, -0.2) is 24.6 Å². The van der Waals surface area contributed by atoms with Gasteiger partial charge in [-0.05, 0) is 24.3 Å². The monoisotopic (exact) mass is 298 g/mol. The molecule has 4 heterocycles. The molecule has 104 valence electrons. The molecule has 0 fully saturated rings. The lowest BCUT2D eigenvalue weighted by Gasteiger charge is -2.05. The van der Waals surface area contributed by atoms with Crippen LogP contribution in [0.25, 0.3) is 16.7 Å². The average Bonchev–Trinajstić information content (AvgIpc) is 3.12. The number of hydrogen-bond acceptors (Lipinski definition) is 4. The van der Waals surface area contributed by atoms with Gasteiger partial charge in [0.15, 0.2) is 11.5 Å². The number of halogens is 1. The highest BCUT2D eigenvalue weighted by Crippen LogP contribution is 2.24. The molecule has 2 N–H and O–H groups in total. The summed E-state index contributed by atoms with van der Waals surface area (Å²) in [6, 6.07) is 9.50. The third-order valence-electron chi connectivity index (χ3n) is 3.29. The maximum atomic E-state index is 6.23. The normalized spacial score (nSPS) is 11.3. The Hall–Kier alpha value is -2.60. The molecule has 0 saturated heterocycles. The molecular weight excluding hydrogens is 288 g/mol. The van der Waals surface area contributed by atoms with Crippen LogP contribution in [0.15, 0.2) is 42.7 Å². The van der Waals surface area contributed by atoms with Crippen LogP contribution in [-0.2, 0) is 6.54 Å². The van der Waals surface area contributed by atoms with Crippen LogP contribution in [0.4, 0.5) is 5.82 Å². The molecule has 0 aliphatic carbocycles. The topological polar surface area (TPSA) is 70.9 Å². The van der Waals surface area contributed by atoms with E-state index in [1.807, 2.05) is 41.1 Å². The minimum absolute atomic E-state index is 0.515. The molecule has 0 unspecified atom stereocenters. The van der Waals surface area contributed by atoms with Gasteiger partial charge in [0.05, 0.1) is 11.6 Å². The zero-order valence-electron chi connectivity index (χ0n) is 10.9. The van der Waals surface area contributed by atoms with E-state index in [1.165, 1.54) is 0 Å². The number of fused-ring (bicyclic) bond motifs is 2. The third-order valence-corrected chi connectivity index (χ3v) is 3.60. The van der Waals surface area contributed by atoms with Crippen LogP contribution in [0.3, 0.4) is 0 Å². The molecule has 0 aliphatic rings. The number of hydrogen-bond donors (Lipinski definition) is 2. The van der Waals surface area contributed by atoms with Gasteiger partial charge in [-0.25, -0.2) is 4.98 Å². The van der Waals surface area contributed by atoms with Crippen molar-refractivity contribution in [2.75, 3.05) is 5.32 Å². The van der Waals surface area contributed by atoms with Gasteiger partial charge in [0, 0.05) is 17.8 Å². The molecule has 4 aromatic rings. The second kappa shape index (κ2) is 4.75. The van der Waals surface area contributed by atoms with Crippen molar-refractivity contribution in [2.24, 2.45) is 0 Å². The van der Waals surface area contributed by atoms with Gasteiger partial charge in [-0.3, -0.25) is 4.40 Å². The first kappa shape index (κ1) is 12.2. The Bertz CT molecular complexity index is 925. The van der Waals surface area contributed by atoms with E-state index in [-0.39, 0.29) is 0 Å². The van der Waals surface area contributed by atoms with E-state index in [0.717, 1.165) is 22.5 Å². The Morgan fingerprint density at radius 2 is 2.19 bits per heavy atom. The number of nitrogens with zero attached hydrogens (tertiary/aromatic N) is 4. The Morgan fingerprint density at radius 3 is 3.14 bits per heavy atom. The van der Waals surface area contributed by atoms with Crippen LogP contribution in [0.1, 0.15) is 5.82 Å². The zero-order valence-corrected chi connectivity index (χ0v) is 11.7. The summed E-state index contributed by atoms with van der Waals surface area (Å²) in [6.45, 7) is 0.515. The number of rotatable bonds is 3. The summed E-state index contributed by atoms with van der Waals surface area (Å²) in [7, 11) is 0. The predicted molar refractivity (Wildman–Crippen MR) is 81.4 cm³/mol. The SMILES string of the molecule is Clc1cc(NCc2nnc3ccccn23)nc2[nH]ccc12. The van der Waals surface area contributed by atoms with Crippen molar-refractivity contribution < 1.29 is 0 Å². The number of pyridine rings is 2. The molecular formula is C14H11ClN6. The number of aromatic nitrogens is 5. The molecule has 0 radical (unpaired) electrons. The van der Waals surface area contributed by atoms with Gasteiger partial charge in [0.2, 0.25) is 0 Å². The average molecular weight is 299 g/mol. The lowest BCUT2D eigenvalue weighted by molar-refractivity contribution is 0.913. The molecule has 6 nitrogen and oxygen atoms in total. The van der Waals surface area contributed by atoms with E-state index in [0.29, 0.717) is 17.4 Å². The second-order valence-electron chi connectivity index (χ2n) is 4.63. The summed E-state index contributed by atoms with van der Waals surface area (Å²) in [5, 5.41) is 13.1. The van der Waals surface area contributed by atoms with Crippen molar-refractivity contribution >= 4 is 34.1 Å². The van der Waals surface area contributed by atoms with E-state index >= 15 is 0 Å². The Labute approximate surface area is 124 Å². The molecule has 4 rings (SSSR count). The van der Waals surface area contributed by atoms with Gasteiger partial charge < -0.3 is 10.3 Å². The van der Waals surface area contributed by atoms with Crippen LogP contribution in [0.2, 0.25) is 5.02 Å². The van der Waals surface area contributed by atoms with Gasteiger partial charge in [-0.2, -0.15) is 0 Å². The molecule has 0 aromatic carbocycles. The van der Waals surface area contributed by atoms with E-state index in [9.17, 15) is 0 Å². The molecule has 0 bridgehead atoms. The van der Waals surface area contributed by atoms with Crippen LogP contribution >= 0.6 is 11.6 Å². The first-order chi connectivity index (χ1) is 10.3. The summed E-state index contributed by atoms with van der Waals surface area (Å²) < 4.78 is 1.93. The molecule has 21 heavy (non-hydrogen) atoms. The van der Waals surface area contributed by atoms with Gasteiger partial charge >= 0.3 is 0 Å². The standard InChI is InChI=1S/C14H11ClN6/c15-10-7-11(18-14-9(10)4-5-16-14)17-8-13-20-19-12-3-1-2-6-21(12)13/h1-7H,8H2,(H2,16,17,18). The molecule has 4 aromatic heterocycles. The van der Waals surface area contributed by atoms with Crippen molar-refractivity contribution in [1.82, 2.24) is 24.6 Å². The molecule has 0 amide bonds. The summed E-state index contributed by atoms with van der Waals surface area (Å²) >= 11 is 6.23. The summed E-state index contributed by atoms with van der Waals surface area (Å²) in [4.78, 5) is 7.52. The Kier molecular flexibility index (Phi) is 2.75. The van der Waals surface area contributed by atoms with Crippen molar-refractivity contribution in [2.45, 2.75) is 6.54 Å². The van der Waals surface area contributed by atoms with E-state index < -0.39 is 0 Å². The first-order valence-corrected chi connectivity index (χ1v) is 6.85. The fraction of sp³-hybridized carbons (Fsp3) is 0.0714. The van der Waals surface area contributed by atoms with Crippen LogP contribution in [0.5, 0.6) is 0 Å². The third kappa shape index (κ3) is 2.09. The minimum Gasteiger partial charge on any atom is -0.363 e.